The number of aryl methyl sites for hydroxylation is 1. The van der Waals surface area contributed by atoms with Crippen LogP contribution in [0.15, 0.2) is 46.2 Å². The highest BCUT2D eigenvalue weighted by molar-refractivity contribution is 8.00. The number of anilines is 1. The molecule has 7 nitrogen and oxygen atoms in total. The molecule has 0 aliphatic heterocycles. The Labute approximate surface area is 179 Å². The van der Waals surface area contributed by atoms with Gasteiger partial charge in [0.1, 0.15) is 16.9 Å². The van der Waals surface area contributed by atoms with Crippen molar-refractivity contribution < 1.29 is 4.79 Å². The van der Waals surface area contributed by atoms with Crippen molar-refractivity contribution in [2.75, 3.05) is 5.32 Å². The molecule has 30 heavy (non-hydrogen) atoms. The Morgan fingerprint density at radius 2 is 1.97 bits per heavy atom. The summed E-state index contributed by atoms with van der Waals surface area (Å²) in [6.07, 6.45) is 0.540. The van der Waals surface area contributed by atoms with Crippen LogP contribution in [0.25, 0.3) is 5.69 Å². The van der Waals surface area contributed by atoms with E-state index in [0.717, 1.165) is 16.8 Å². The van der Waals surface area contributed by atoms with Gasteiger partial charge in [0.05, 0.1) is 16.5 Å². The Kier molecular flexibility index (Phi) is 6.43. The van der Waals surface area contributed by atoms with Gasteiger partial charge in [-0.25, -0.2) is 9.67 Å². The van der Waals surface area contributed by atoms with Crippen molar-refractivity contribution in [3.8, 4) is 11.8 Å². The van der Waals surface area contributed by atoms with Crippen LogP contribution in [-0.2, 0) is 4.79 Å². The SMILES string of the molecule is CCC(Sc1nc(C)c(C)c(C)c1C#N)C(=O)Nc1cc(=O)n(-c2ccccc2)[nH]1. The average molecular weight is 422 g/mol. The lowest BCUT2D eigenvalue weighted by molar-refractivity contribution is -0.115. The van der Waals surface area contributed by atoms with Gasteiger partial charge < -0.3 is 5.32 Å². The predicted molar refractivity (Wildman–Crippen MR) is 118 cm³/mol. The number of hydrogen-bond acceptors (Lipinski definition) is 5. The quantitative estimate of drug-likeness (QED) is 0.588. The van der Waals surface area contributed by atoms with E-state index in [-0.39, 0.29) is 11.5 Å². The van der Waals surface area contributed by atoms with Gasteiger partial charge >= 0.3 is 0 Å². The molecule has 0 bridgehead atoms. The van der Waals surface area contributed by atoms with Crippen LogP contribution in [0, 0.1) is 32.1 Å². The summed E-state index contributed by atoms with van der Waals surface area (Å²) in [5.41, 5.74) is 3.61. The molecule has 1 unspecified atom stereocenters. The van der Waals surface area contributed by atoms with Gasteiger partial charge in [-0.1, -0.05) is 36.9 Å². The number of aromatic amines is 1. The molecule has 2 heterocycles. The minimum atomic E-state index is -0.463. The normalized spacial score (nSPS) is 11.7. The number of benzene rings is 1. The van der Waals surface area contributed by atoms with E-state index in [9.17, 15) is 14.9 Å². The van der Waals surface area contributed by atoms with Crippen molar-refractivity contribution in [1.29, 1.82) is 5.26 Å². The van der Waals surface area contributed by atoms with Gasteiger partial charge in [0.25, 0.3) is 5.56 Å². The molecule has 0 spiro atoms. The van der Waals surface area contributed by atoms with E-state index in [1.54, 1.807) is 12.1 Å². The van der Waals surface area contributed by atoms with E-state index in [2.05, 4.69) is 21.5 Å². The van der Waals surface area contributed by atoms with Crippen LogP contribution in [0.3, 0.4) is 0 Å². The van der Waals surface area contributed by atoms with Crippen LogP contribution in [0.4, 0.5) is 5.82 Å². The molecule has 3 rings (SSSR count). The zero-order valence-corrected chi connectivity index (χ0v) is 18.1. The number of aromatic nitrogens is 3. The number of rotatable bonds is 6. The smallest absolute Gasteiger partial charge is 0.273 e. The molecular weight excluding hydrogens is 398 g/mol. The van der Waals surface area contributed by atoms with Gasteiger partial charge in [-0.15, -0.1) is 0 Å². The summed E-state index contributed by atoms with van der Waals surface area (Å²) in [5.74, 6) is 0.0585. The number of thioether (sulfide) groups is 1. The first-order chi connectivity index (χ1) is 14.3. The molecule has 8 heteroatoms. The average Bonchev–Trinajstić information content (AvgIpc) is 3.10. The monoisotopic (exact) mass is 421 g/mol. The van der Waals surface area contributed by atoms with Crippen molar-refractivity contribution in [2.45, 2.75) is 44.4 Å². The molecule has 1 amide bonds. The molecule has 0 aliphatic carbocycles. The third-order valence-corrected chi connectivity index (χ3v) is 6.34. The van der Waals surface area contributed by atoms with Crippen molar-refractivity contribution in [1.82, 2.24) is 14.8 Å². The fourth-order valence-corrected chi connectivity index (χ4v) is 4.14. The summed E-state index contributed by atoms with van der Waals surface area (Å²) in [6, 6.07) is 12.7. The van der Waals surface area contributed by atoms with Gasteiger partial charge in [-0.05, 0) is 50.5 Å². The Balaban J connectivity index is 1.82. The molecule has 2 aromatic heterocycles. The number of para-hydroxylation sites is 1. The highest BCUT2D eigenvalue weighted by Gasteiger charge is 2.23. The Bertz CT molecular complexity index is 1170. The fourth-order valence-electron chi connectivity index (χ4n) is 3.03. The standard InChI is InChI=1S/C22H23N5O2S/c1-5-18(30-22-17(12-23)14(3)13(2)15(4)24-22)21(29)25-19-11-20(28)27(26-19)16-9-7-6-8-10-16/h6-11,18,26H,5H2,1-4H3,(H,25,29). The zero-order chi connectivity index (χ0) is 21.8. The van der Waals surface area contributed by atoms with E-state index in [0.29, 0.717) is 28.5 Å². The number of carbonyl (C=O) groups excluding carboxylic acids is 1. The molecule has 3 aromatic rings. The van der Waals surface area contributed by atoms with Gasteiger partial charge in [0.2, 0.25) is 5.91 Å². The maximum atomic E-state index is 12.9. The molecule has 0 saturated heterocycles. The molecule has 0 saturated carbocycles. The number of carbonyl (C=O) groups is 1. The Morgan fingerprint density at radius 3 is 2.60 bits per heavy atom. The first-order valence-corrected chi connectivity index (χ1v) is 10.5. The second-order valence-corrected chi connectivity index (χ2v) is 8.11. The van der Waals surface area contributed by atoms with E-state index in [1.165, 1.54) is 22.5 Å². The molecule has 154 valence electrons. The number of nitriles is 1. The lowest BCUT2D eigenvalue weighted by atomic mass is 10.1. The van der Waals surface area contributed by atoms with Gasteiger partial charge in [0, 0.05) is 11.8 Å². The van der Waals surface area contributed by atoms with Crippen molar-refractivity contribution in [3.63, 3.8) is 0 Å². The molecule has 0 aliphatic rings. The minimum absolute atomic E-state index is 0.259. The molecule has 1 atom stereocenters. The summed E-state index contributed by atoms with van der Waals surface area (Å²) >= 11 is 1.27. The van der Waals surface area contributed by atoms with Gasteiger partial charge in [-0.3, -0.25) is 14.7 Å². The summed E-state index contributed by atoms with van der Waals surface area (Å²) in [7, 11) is 0. The van der Waals surface area contributed by atoms with Crippen LogP contribution in [0.2, 0.25) is 0 Å². The number of amides is 1. The summed E-state index contributed by atoms with van der Waals surface area (Å²) in [5, 5.41) is 15.3. The van der Waals surface area contributed by atoms with Crippen LogP contribution < -0.4 is 10.9 Å². The Hall–Kier alpha value is -3.31. The second kappa shape index (κ2) is 9.01. The highest BCUT2D eigenvalue weighted by Crippen LogP contribution is 2.31. The van der Waals surface area contributed by atoms with Crippen molar-refractivity contribution in [3.05, 3.63) is 69.1 Å². The first kappa shape index (κ1) is 21.4. The summed E-state index contributed by atoms with van der Waals surface area (Å²) in [6.45, 7) is 7.62. The maximum Gasteiger partial charge on any atom is 0.273 e. The largest absolute Gasteiger partial charge is 0.310 e. The number of H-pyrrole nitrogens is 1. The lowest BCUT2D eigenvalue weighted by Gasteiger charge is -2.16. The topological polar surface area (TPSA) is 104 Å². The minimum Gasteiger partial charge on any atom is -0.310 e. The van der Waals surface area contributed by atoms with Crippen LogP contribution in [0.5, 0.6) is 0 Å². The van der Waals surface area contributed by atoms with Crippen LogP contribution in [-0.4, -0.2) is 25.9 Å². The number of pyridine rings is 1. The molecule has 2 N–H and O–H groups in total. The van der Waals surface area contributed by atoms with Crippen molar-refractivity contribution >= 4 is 23.5 Å². The first-order valence-electron chi connectivity index (χ1n) is 9.58. The Morgan fingerprint density at radius 1 is 1.27 bits per heavy atom. The van der Waals surface area contributed by atoms with Gasteiger partial charge in [0.15, 0.2) is 0 Å². The maximum absolute atomic E-state index is 12.9. The lowest BCUT2D eigenvalue weighted by Crippen LogP contribution is -2.25. The number of hydrogen-bond donors (Lipinski definition) is 2. The molecule has 0 fully saturated rings. The second-order valence-electron chi connectivity index (χ2n) is 6.92. The molecule has 0 radical (unpaired) electrons. The molecular formula is C22H23N5O2S. The van der Waals surface area contributed by atoms with E-state index in [1.807, 2.05) is 45.9 Å². The van der Waals surface area contributed by atoms with Crippen LogP contribution in [0.1, 0.15) is 35.7 Å². The number of nitrogens with zero attached hydrogens (tertiary/aromatic N) is 3. The van der Waals surface area contributed by atoms with Crippen molar-refractivity contribution in [2.24, 2.45) is 0 Å². The zero-order valence-electron chi connectivity index (χ0n) is 17.3. The highest BCUT2D eigenvalue weighted by atomic mass is 32.2. The van der Waals surface area contributed by atoms with E-state index >= 15 is 0 Å². The predicted octanol–water partition coefficient (Wildman–Crippen LogP) is 3.87. The fraction of sp³-hybridized carbons (Fsp3) is 0.273. The molecule has 1 aromatic carbocycles. The number of nitrogens with one attached hydrogen (secondary N) is 2. The third-order valence-electron chi connectivity index (χ3n) is 4.98. The van der Waals surface area contributed by atoms with Gasteiger partial charge in [-0.2, -0.15) is 5.26 Å². The van der Waals surface area contributed by atoms with Crippen LogP contribution >= 0.6 is 11.8 Å². The third kappa shape index (κ3) is 4.31. The van der Waals surface area contributed by atoms with E-state index in [4.69, 9.17) is 0 Å². The summed E-state index contributed by atoms with van der Waals surface area (Å²) in [4.78, 5) is 29.7. The van der Waals surface area contributed by atoms with E-state index < -0.39 is 5.25 Å². The summed E-state index contributed by atoms with van der Waals surface area (Å²) < 4.78 is 1.37.